The van der Waals surface area contributed by atoms with Crippen LogP contribution in [0.1, 0.15) is 271 Å². The average molecular weight is 801 g/mol. The molecule has 0 bridgehead atoms. The number of hydrogen-bond acceptors (Lipinski definition) is 4. The van der Waals surface area contributed by atoms with E-state index in [1.54, 1.807) is 0 Å². The molecule has 57 heavy (non-hydrogen) atoms. The van der Waals surface area contributed by atoms with Crippen molar-refractivity contribution in [1.82, 2.24) is 0 Å². The van der Waals surface area contributed by atoms with Gasteiger partial charge in [-0.15, -0.1) is 0 Å². The van der Waals surface area contributed by atoms with Gasteiger partial charge in [0.25, 0.3) is 0 Å². The molecule has 0 amide bonds. The third-order valence-electron chi connectivity index (χ3n) is 11.4. The summed E-state index contributed by atoms with van der Waals surface area (Å²) in [6, 6.07) is 0. The Kier molecular flexibility index (Phi) is 49.5. The Bertz CT molecular complexity index is 848. The van der Waals surface area contributed by atoms with Crippen LogP contribution in [0.2, 0.25) is 0 Å². The van der Waals surface area contributed by atoms with Crippen LogP contribution in [-0.2, 0) is 14.3 Å². The van der Waals surface area contributed by atoms with Gasteiger partial charge in [-0.1, -0.05) is 230 Å². The van der Waals surface area contributed by atoms with Crippen LogP contribution in [0.5, 0.6) is 0 Å². The summed E-state index contributed by atoms with van der Waals surface area (Å²) in [4.78, 5) is 12.3. The minimum Gasteiger partial charge on any atom is -0.457 e. The van der Waals surface area contributed by atoms with Crippen LogP contribution in [0, 0.1) is 0 Å². The zero-order valence-electron chi connectivity index (χ0n) is 38.6. The number of hydrogen-bond donors (Lipinski definition) is 1. The summed E-state index contributed by atoms with van der Waals surface area (Å²) in [5.74, 6) is -0.199. The fraction of sp³-hybridized carbons (Fsp3) is 0.868. The molecule has 1 unspecified atom stereocenters. The van der Waals surface area contributed by atoms with Crippen LogP contribution in [0.15, 0.2) is 36.5 Å². The number of allylic oxidation sites excluding steroid dienone is 6. The molecular weight excluding hydrogens is 701 g/mol. The van der Waals surface area contributed by atoms with E-state index < -0.39 is 6.10 Å². The largest absolute Gasteiger partial charge is 0.457 e. The highest BCUT2D eigenvalue weighted by atomic mass is 16.6. The Morgan fingerprint density at radius 1 is 0.421 bits per heavy atom. The number of carbonyl (C=O) groups excluding carboxylic acids is 1. The Morgan fingerprint density at radius 2 is 0.737 bits per heavy atom. The predicted molar refractivity (Wildman–Crippen MR) is 251 cm³/mol. The number of ether oxygens (including phenoxy) is 2. The third kappa shape index (κ3) is 48.9. The number of rotatable bonds is 48. The second kappa shape index (κ2) is 50.8. The predicted octanol–water partition coefficient (Wildman–Crippen LogP) is 17.2. The second-order valence-corrected chi connectivity index (χ2v) is 17.2. The summed E-state index contributed by atoms with van der Waals surface area (Å²) in [5.41, 5.74) is 0. The van der Waals surface area contributed by atoms with Gasteiger partial charge in [-0.2, -0.15) is 0 Å². The summed E-state index contributed by atoms with van der Waals surface area (Å²) in [7, 11) is 0. The van der Waals surface area contributed by atoms with E-state index in [-0.39, 0.29) is 12.6 Å². The van der Waals surface area contributed by atoms with Crippen molar-refractivity contribution in [3.63, 3.8) is 0 Å². The lowest BCUT2D eigenvalue weighted by Crippen LogP contribution is -2.27. The number of aliphatic hydroxyl groups excluding tert-OH is 1. The zero-order valence-corrected chi connectivity index (χ0v) is 38.6. The molecule has 0 aromatic rings. The van der Waals surface area contributed by atoms with E-state index in [0.29, 0.717) is 19.6 Å². The van der Waals surface area contributed by atoms with Gasteiger partial charge < -0.3 is 14.6 Å². The van der Waals surface area contributed by atoms with Crippen molar-refractivity contribution in [2.45, 2.75) is 277 Å². The Morgan fingerprint density at radius 3 is 1.11 bits per heavy atom. The Labute approximate surface area is 357 Å². The van der Waals surface area contributed by atoms with Crippen molar-refractivity contribution >= 4 is 5.97 Å². The Hall–Kier alpha value is -1.39. The van der Waals surface area contributed by atoms with E-state index in [1.807, 2.05) is 0 Å². The third-order valence-corrected chi connectivity index (χ3v) is 11.4. The first-order valence-electron chi connectivity index (χ1n) is 25.6. The van der Waals surface area contributed by atoms with Crippen LogP contribution in [0.25, 0.3) is 0 Å². The molecule has 0 aromatic heterocycles. The van der Waals surface area contributed by atoms with Gasteiger partial charge in [-0.3, -0.25) is 4.79 Å². The maximum absolute atomic E-state index is 12.3. The number of unbranched alkanes of at least 4 members (excludes halogenated alkanes) is 34. The first kappa shape index (κ1) is 55.6. The molecule has 336 valence electrons. The summed E-state index contributed by atoms with van der Waals surface area (Å²) in [6.07, 6.45) is 65.2. The molecule has 0 aromatic carbocycles. The van der Waals surface area contributed by atoms with Gasteiger partial charge in [-0.05, 0) is 70.6 Å². The Balaban J connectivity index is 3.39. The molecule has 4 nitrogen and oxygen atoms in total. The molecule has 0 spiro atoms. The lowest BCUT2D eigenvalue weighted by atomic mass is 10.0. The van der Waals surface area contributed by atoms with Crippen molar-refractivity contribution in [1.29, 1.82) is 0 Å². The van der Waals surface area contributed by atoms with Gasteiger partial charge in [0.15, 0.2) is 0 Å². The smallest absolute Gasteiger partial charge is 0.306 e. The first-order chi connectivity index (χ1) is 28.2. The van der Waals surface area contributed by atoms with Gasteiger partial charge in [0.1, 0.15) is 6.10 Å². The highest BCUT2D eigenvalue weighted by molar-refractivity contribution is 5.69. The second-order valence-electron chi connectivity index (χ2n) is 17.2. The van der Waals surface area contributed by atoms with Crippen LogP contribution >= 0.6 is 0 Å². The molecule has 0 aliphatic carbocycles. The molecule has 1 N–H and O–H groups in total. The van der Waals surface area contributed by atoms with Crippen LogP contribution in [0.4, 0.5) is 0 Å². The van der Waals surface area contributed by atoms with Gasteiger partial charge >= 0.3 is 5.97 Å². The zero-order chi connectivity index (χ0) is 41.2. The normalized spacial score (nSPS) is 12.5. The highest BCUT2D eigenvalue weighted by Gasteiger charge is 2.13. The van der Waals surface area contributed by atoms with Crippen LogP contribution < -0.4 is 0 Å². The van der Waals surface area contributed by atoms with E-state index in [1.165, 1.54) is 225 Å². The molecular formula is C53H100O4. The van der Waals surface area contributed by atoms with Crippen molar-refractivity contribution < 1.29 is 19.4 Å². The minimum absolute atomic E-state index is 0.171. The van der Waals surface area contributed by atoms with Gasteiger partial charge in [0.05, 0.1) is 13.2 Å². The van der Waals surface area contributed by atoms with Gasteiger partial charge in [-0.25, -0.2) is 0 Å². The summed E-state index contributed by atoms with van der Waals surface area (Å²) < 4.78 is 11.2. The lowest BCUT2D eigenvalue weighted by molar-refractivity contribution is -0.154. The van der Waals surface area contributed by atoms with Gasteiger partial charge in [0.2, 0.25) is 0 Å². The SMILES string of the molecule is CCCCCCC/C=C\C/C=C\CCCCCCCCCCCCCCOCC(CO)OC(=O)CCCCCCCCCCC/C=C\CCCCCCCCCC. The van der Waals surface area contributed by atoms with E-state index in [0.717, 1.165) is 25.7 Å². The van der Waals surface area contributed by atoms with E-state index in [9.17, 15) is 9.90 Å². The van der Waals surface area contributed by atoms with Crippen LogP contribution in [-0.4, -0.2) is 37.0 Å². The standard InChI is InChI=1S/C53H100O4/c1-3-5-7-9-11-13-15-17-19-21-23-25-26-27-29-31-33-35-37-39-41-43-45-47-49-56-51-52(50-54)57-53(55)48-46-44-42-40-38-36-34-32-30-28-24-22-20-18-16-14-12-10-8-6-4-2/h15,17,21-24,52,54H,3-14,16,18-20,25-51H2,1-2H3/b17-15-,23-21-,24-22-. The summed E-state index contributed by atoms with van der Waals surface area (Å²) >= 11 is 0. The summed E-state index contributed by atoms with van der Waals surface area (Å²) in [5, 5.41) is 9.65. The average Bonchev–Trinajstić information content (AvgIpc) is 3.22. The topological polar surface area (TPSA) is 55.8 Å². The fourth-order valence-electron chi connectivity index (χ4n) is 7.59. The molecule has 0 aliphatic heterocycles. The molecule has 0 rings (SSSR count). The molecule has 0 saturated heterocycles. The van der Waals surface area contributed by atoms with Crippen LogP contribution in [0.3, 0.4) is 0 Å². The van der Waals surface area contributed by atoms with Crippen molar-refractivity contribution in [3.05, 3.63) is 36.5 Å². The van der Waals surface area contributed by atoms with E-state index >= 15 is 0 Å². The molecule has 0 saturated carbocycles. The van der Waals surface area contributed by atoms with Crippen molar-refractivity contribution in [2.75, 3.05) is 19.8 Å². The molecule has 0 heterocycles. The number of esters is 1. The first-order valence-corrected chi connectivity index (χ1v) is 25.6. The molecule has 1 atom stereocenters. The van der Waals surface area contributed by atoms with E-state index in [2.05, 4.69) is 50.3 Å². The number of aliphatic hydroxyl groups is 1. The van der Waals surface area contributed by atoms with Crippen molar-refractivity contribution in [3.8, 4) is 0 Å². The molecule has 0 fully saturated rings. The van der Waals surface area contributed by atoms with Gasteiger partial charge in [0, 0.05) is 13.0 Å². The quantitative estimate of drug-likeness (QED) is 0.0378. The highest BCUT2D eigenvalue weighted by Crippen LogP contribution is 2.15. The van der Waals surface area contributed by atoms with E-state index in [4.69, 9.17) is 9.47 Å². The fourth-order valence-corrected chi connectivity index (χ4v) is 7.59. The maximum atomic E-state index is 12.3. The summed E-state index contributed by atoms with van der Waals surface area (Å²) in [6.45, 7) is 5.37. The molecule has 0 radical (unpaired) electrons. The molecule has 0 aliphatic rings. The lowest BCUT2D eigenvalue weighted by Gasteiger charge is -2.16. The van der Waals surface area contributed by atoms with Crippen molar-refractivity contribution in [2.24, 2.45) is 0 Å². The monoisotopic (exact) mass is 801 g/mol. The minimum atomic E-state index is -0.535. The molecule has 4 heteroatoms. The maximum Gasteiger partial charge on any atom is 0.306 e. The number of carbonyl (C=O) groups is 1.